The molecule has 1 amide bonds. The third-order valence-electron chi connectivity index (χ3n) is 3.18. The second kappa shape index (κ2) is 6.28. The molecular formula is C16H19NO3. The van der Waals surface area contributed by atoms with Crippen molar-refractivity contribution < 1.29 is 14.3 Å². The summed E-state index contributed by atoms with van der Waals surface area (Å²) in [6.45, 7) is 3.76. The second-order valence-electron chi connectivity index (χ2n) is 4.87. The summed E-state index contributed by atoms with van der Waals surface area (Å²) in [5, 5.41) is 12.5. The molecule has 20 heavy (non-hydrogen) atoms. The largest absolute Gasteiger partial charge is 0.508 e. The molecule has 106 valence electrons. The average Bonchev–Trinajstić information content (AvgIpc) is 2.84. The number of nitrogens with one attached hydrogen (secondary N) is 1. The van der Waals surface area contributed by atoms with Crippen LogP contribution in [0.25, 0.3) is 0 Å². The highest BCUT2D eigenvalue weighted by atomic mass is 16.3. The predicted molar refractivity (Wildman–Crippen MR) is 76.4 cm³/mol. The molecule has 0 aliphatic carbocycles. The number of hydrogen-bond acceptors (Lipinski definition) is 3. The Bertz CT molecular complexity index is 589. The lowest BCUT2D eigenvalue weighted by atomic mass is 10.1. The summed E-state index contributed by atoms with van der Waals surface area (Å²) in [6, 6.07) is 10.6. The molecule has 1 aromatic carbocycles. The number of furan rings is 1. The molecule has 4 nitrogen and oxygen atoms in total. The minimum atomic E-state index is -0.152. The fourth-order valence-electron chi connectivity index (χ4n) is 2.04. The van der Waals surface area contributed by atoms with Crippen molar-refractivity contribution in [3.05, 3.63) is 53.5 Å². The first-order valence-corrected chi connectivity index (χ1v) is 6.69. The highest BCUT2D eigenvalue weighted by Crippen LogP contribution is 2.18. The molecule has 0 aliphatic heterocycles. The van der Waals surface area contributed by atoms with E-state index in [1.54, 1.807) is 12.1 Å². The van der Waals surface area contributed by atoms with E-state index >= 15 is 0 Å². The van der Waals surface area contributed by atoms with Crippen LogP contribution in [0.15, 0.2) is 40.8 Å². The highest BCUT2D eigenvalue weighted by Gasteiger charge is 2.13. The lowest BCUT2D eigenvalue weighted by Gasteiger charge is -2.11. The summed E-state index contributed by atoms with van der Waals surface area (Å²) in [4.78, 5) is 11.9. The van der Waals surface area contributed by atoms with Gasteiger partial charge in [0.1, 0.15) is 17.3 Å². The summed E-state index contributed by atoms with van der Waals surface area (Å²) in [5.74, 6) is 1.75. The first kappa shape index (κ1) is 14.2. The lowest BCUT2D eigenvalue weighted by molar-refractivity contribution is -0.121. The molecule has 0 saturated carbocycles. The van der Waals surface area contributed by atoms with Crippen LogP contribution in [0.2, 0.25) is 0 Å². The molecule has 2 N–H and O–H groups in total. The zero-order chi connectivity index (χ0) is 14.5. The Hall–Kier alpha value is -2.23. The van der Waals surface area contributed by atoms with Gasteiger partial charge in [0.15, 0.2) is 0 Å². The SMILES string of the molecule is Cc1ccc([C@H](C)NC(=O)CCc2ccccc2O)o1. The van der Waals surface area contributed by atoms with Gasteiger partial charge in [-0.15, -0.1) is 0 Å². The third-order valence-corrected chi connectivity index (χ3v) is 3.18. The van der Waals surface area contributed by atoms with Crippen molar-refractivity contribution in [1.82, 2.24) is 5.32 Å². The standard InChI is InChI=1S/C16H19NO3/c1-11-7-9-15(20-11)12(2)17-16(19)10-8-13-5-3-4-6-14(13)18/h3-7,9,12,18H,8,10H2,1-2H3,(H,17,19)/t12-/m0/s1. The van der Waals surface area contributed by atoms with E-state index in [1.807, 2.05) is 38.1 Å². The van der Waals surface area contributed by atoms with Gasteiger partial charge in [0.2, 0.25) is 5.91 Å². The minimum Gasteiger partial charge on any atom is -0.508 e. The number of carbonyl (C=O) groups is 1. The van der Waals surface area contributed by atoms with Crippen LogP contribution >= 0.6 is 0 Å². The predicted octanol–water partition coefficient (Wildman–Crippen LogP) is 3.10. The number of phenolic OH excluding ortho intramolecular Hbond substituents is 1. The number of aryl methyl sites for hydroxylation is 2. The molecule has 1 heterocycles. The first-order valence-electron chi connectivity index (χ1n) is 6.69. The fraction of sp³-hybridized carbons (Fsp3) is 0.312. The molecule has 4 heteroatoms. The first-order chi connectivity index (χ1) is 9.56. The molecule has 0 bridgehead atoms. The topological polar surface area (TPSA) is 62.5 Å². The quantitative estimate of drug-likeness (QED) is 0.880. The molecular weight excluding hydrogens is 254 g/mol. The van der Waals surface area contributed by atoms with E-state index in [0.29, 0.717) is 12.8 Å². The van der Waals surface area contributed by atoms with Gasteiger partial charge in [-0.1, -0.05) is 18.2 Å². The van der Waals surface area contributed by atoms with Gasteiger partial charge in [-0.05, 0) is 44.0 Å². The van der Waals surface area contributed by atoms with Gasteiger partial charge in [-0.25, -0.2) is 0 Å². The summed E-state index contributed by atoms with van der Waals surface area (Å²) in [7, 11) is 0. The Morgan fingerprint density at radius 3 is 2.70 bits per heavy atom. The van der Waals surface area contributed by atoms with Crippen LogP contribution in [0, 0.1) is 6.92 Å². The molecule has 0 aliphatic rings. The second-order valence-corrected chi connectivity index (χ2v) is 4.87. The number of aromatic hydroxyl groups is 1. The Morgan fingerprint density at radius 1 is 1.30 bits per heavy atom. The van der Waals surface area contributed by atoms with Crippen molar-refractivity contribution >= 4 is 5.91 Å². The average molecular weight is 273 g/mol. The molecule has 2 aromatic rings. The van der Waals surface area contributed by atoms with Crippen LogP contribution in [0.4, 0.5) is 0 Å². The van der Waals surface area contributed by atoms with Crippen molar-refractivity contribution in [1.29, 1.82) is 0 Å². The normalized spacial score (nSPS) is 12.1. The number of phenols is 1. The Morgan fingerprint density at radius 2 is 2.05 bits per heavy atom. The van der Waals surface area contributed by atoms with Gasteiger partial charge < -0.3 is 14.8 Å². The van der Waals surface area contributed by atoms with E-state index in [1.165, 1.54) is 0 Å². The van der Waals surface area contributed by atoms with Crippen LogP contribution in [0.3, 0.4) is 0 Å². The summed E-state index contributed by atoms with van der Waals surface area (Å²) < 4.78 is 5.47. The van der Waals surface area contributed by atoms with Crippen LogP contribution in [-0.2, 0) is 11.2 Å². The Labute approximate surface area is 118 Å². The Kier molecular flexibility index (Phi) is 4.45. The van der Waals surface area contributed by atoms with Crippen molar-refractivity contribution in [3.8, 4) is 5.75 Å². The van der Waals surface area contributed by atoms with Gasteiger partial charge in [0.05, 0.1) is 6.04 Å². The zero-order valence-electron chi connectivity index (χ0n) is 11.7. The van der Waals surface area contributed by atoms with Crippen LogP contribution in [0.5, 0.6) is 5.75 Å². The fourth-order valence-corrected chi connectivity index (χ4v) is 2.04. The number of hydrogen-bond donors (Lipinski definition) is 2. The zero-order valence-corrected chi connectivity index (χ0v) is 11.7. The van der Waals surface area contributed by atoms with E-state index < -0.39 is 0 Å². The van der Waals surface area contributed by atoms with Crippen molar-refractivity contribution in [2.75, 3.05) is 0 Å². The minimum absolute atomic E-state index is 0.0604. The van der Waals surface area contributed by atoms with Crippen molar-refractivity contribution in [2.45, 2.75) is 32.7 Å². The molecule has 1 atom stereocenters. The summed E-state index contributed by atoms with van der Waals surface area (Å²) in [5.41, 5.74) is 0.782. The number of amides is 1. The monoisotopic (exact) mass is 273 g/mol. The van der Waals surface area contributed by atoms with Gasteiger partial charge in [0, 0.05) is 6.42 Å². The number of rotatable bonds is 5. The van der Waals surface area contributed by atoms with Gasteiger partial charge in [-0.3, -0.25) is 4.79 Å². The van der Waals surface area contributed by atoms with Crippen molar-refractivity contribution in [2.24, 2.45) is 0 Å². The van der Waals surface area contributed by atoms with Crippen LogP contribution in [-0.4, -0.2) is 11.0 Å². The molecule has 0 fully saturated rings. The van der Waals surface area contributed by atoms with Crippen molar-refractivity contribution in [3.63, 3.8) is 0 Å². The summed E-state index contributed by atoms with van der Waals surface area (Å²) in [6.07, 6.45) is 0.851. The molecule has 1 aromatic heterocycles. The lowest BCUT2D eigenvalue weighted by Crippen LogP contribution is -2.26. The van der Waals surface area contributed by atoms with Crippen LogP contribution < -0.4 is 5.32 Å². The number of carbonyl (C=O) groups excluding carboxylic acids is 1. The maximum Gasteiger partial charge on any atom is 0.220 e. The van der Waals surface area contributed by atoms with E-state index in [9.17, 15) is 9.90 Å². The van der Waals surface area contributed by atoms with Gasteiger partial charge in [-0.2, -0.15) is 0 Å². The molecule has 0 saturated heterocycles. The smallest absolute Gasteiger partial charge is 0.220 e. The van der Waals surface area contributed by atoms with E-state index in [0.717, 1.165) is 17.1 Å². The van der Waals surface area contributed by atoms with Gasteiger partial charge >= 0.3 is 0 Å². The molecule has 0 spiro atoms. The highest BCUT2D eigenvalue weighted by molar-refractivity contribution is 5.76. The summed E-state index contributed by atoms with van der Waals surface area (Å²) >= 11 is 0. The van der Waals surface area contributed by atoms with Gasteiger partial charge in [0.25, 0.3) is 0 Å². The third kappa shape index (κ3) is 3.63. The van der Waals surface area contributed by atoms with E-state index in [4.69, 9.17) is 4.42 Å². The molecule has 0 radical (unpaired) electrons. The molecule has 2 rings (SSSR count). The maximum atomic E-state index is 11.9. The maximum absolute atomic E-state index is 11.9. The number of para-hydroxylation sites is 1. The van der Waals surface area contributed by atoms with Crippen LogP contribution in [0.1, 0.15) is 36.5 Å². The van der Waals surface area contributed by atoms with E-state index in [-0.39, 0.29) is 17.7 Å². The molecule has 0 unspecified atom stereocenters. The Balaban J connectivity index is 1.85. The number of benzene rings is 1. The van der Waals surface area contributed by atoms with E-state index in [2.05, 4.69) is 5.32 Å².